The molecule has 0 aliphatic carbocycles. The first kappa shape index (κ1) is 14.8. The molecule has 0 heterocycles. The van der Waals surface area contributed by atoms with Crippen LogP contribution in [0.3, 0.4) is 0 Å². The molecule has 5 heteroatoms. The zero-order valence-electron chi connectivity index (χ0n) is 12.1. The largest absolute Gasteiger partial charge is 0.493 e. The van der Waals surface area contributed by atoms with E-state index in [2.05, 4.69) is 5.32 Å². The molecule has 0 spiro atoms. The number of hydrogen-bond acceptors (Lipinski definition) is 3. The average molecular weight is 289 g/mol. The lowest BCUT2D eigenvalue weighted by molar-refractivity contribution is 0.102. The van der Waals surface area contributed by atoms with Gasteiger partial charge >= 0.3 is 0 Å². The Balaban J connectivity index is 2.21. The molecule has 0 fully saturated rings. The lowest BCUT2D eigenvalue weighted by Crippen LogP contribution is -2.12. The molecule has 0 aromatic heterocycles. The number of ether oxygens (including phenoxy) is 2. The van der Waals surface area contributed by atoms with Crippen LogP contribution in [-0.4, -0.2) is 20.1 Å². The fourth-order valence-electron chi connectivity index (χ4n) is 1.90. The molecule has 1 amide bonds. The summed E-state index contributed by atoms with van der Waals surface area (Å²) in [5.74, 6) is 0.446. The second-order valence-electron chi connectivity index (χ2n) is 4.49. The van der Waals surface area contributed by atoms with Gasteiger partial charge in [-0.1, -0.05) is 0 Å². The summed E-state index contributed by atoms with van der Waals surface area (Å²) in [6, 6.07) is 9.29. The number of carbonyl (C=O) groups excluding carboxylic acids is 1. The highest BCUT2D eigenvalue weighted by atomic mass is 19.1. The third kappa shape index (κ3) is 3.31. The maximum Gasteiger partial charge on any atom is 0.255 e. The second-order valence-corrected chi connectivity index (χ2v) is 4.49. The van der Waals surface area contributed by atoms with E-state index in [1.807, 2.05) is 0 Å². The van der Waals surface area contributed by atoms with Crippen LogP contribution in [0.25, 0.3) is 0 Å². The Hall–Kier alpha value is -2.56. The highest BCUT2D eigenvalue weighted by molar-refractivity contribution is 6.04. The molecule has 2 aromatic carbocycles. The van der Waals surface area contributed by atoms with Gasteiger partial charge in [-0.2, -0.15) is 0 Å². The van der Waals surface area contributed by atoms with Crippen LogP contribution in [0.15, 0.2) is 36.4 Å². The molecule has 1 N–H and O–H groups in total. The Morgan fingerprint density at radius 1 is 1.05 bits per heavy atom. The summed E-state index contributed by atoms with van der Waals surface area (Å²) in [5, 5.41) is 2.73. The van der Waals surface area contributed by atoms with Crippen LogP contribution >= 0.6 is 0 Å². The molecule has 21 heavy (non-hydrogen) atoms. The molecule has 0 atom stereocenters. The standard InChI is InChI=1S/C16H16FNO3/c1-10-8-11(4-6-13(10)17)16(19)18-12-5-7-14(20-2)15(9-12)21-3/h4-9H,1-3H3,(H,18,19). The normalized spacial score (nSPS) is 10.1. The lowest BCUT2D eigenvalue weighted by Gasteiger charge is -2.11. The van der Waals surface area contributed by atoms with Gasteiger partial charge in [-0.15, -0.1) is 0 Å². The molecular formula is C16H16FNO3. The van der Waals surface area contributed by atoms with Crippen molar-refractivity contribution in [1.82, 2.24) is 0 Å². The van der Waals surface area contributed by atoms with Gasteiger partial charge in [0.1, 0.15) is 5.82 Å². The monoisotopic (exact) mass is 289 g/mol. The third-order valence-corrected chi connectivity index (χ3v) is 3.06. The smallest absolute Gasteiger partial charge is 0.255 e. The van der Waals surface area contributed by atoms with Crippen molar-refractivity contribution in [3.8, 4) is 11.5 Å². The Kier molecular flexibility index (Phi) is 4.42. The van der Waals surface area contributed by atoms with E-state index in [1.165, 1.54) is 32.4 Å². The van der Waals surface area contributed by atoms with Crippen molar-refractivity contribution in [3.63, 3.8) is 0 Å². The predicted molar refractivity (Wildman–Crippen MR) is 78.6 cm³/mol. The number of aryl methyl sites for hydroxylation is 1. The van der Waals surface area contributed by atoms with E-state index in [9.17, 15) is 9.18 Å². The third-order valence-electron chi connectivity index (χ3n) is 3.06. The summed E-state index contributed by atoms with van der Waals surface area (Å²) in [6.07, 6.45) is 0. The van der Waals surface area contributed by atoms with Gasteiger partial charge in [0, 0.05) is 17.3 Å². The first-order valence-corrected chi connectivity index (χ1v) is 6.34. The van der Waals surface area contributed by atoms with Crippen molar-refractivity contribution in [2.24, 2.45) is 0 Å². The highest BCUT2D eigenvalue weighted by Gasteiger charge is 2.10. The molecular weight excluding hydrogens is 273 g/mol. The first-order valence-electron chi connectivity index (χ1n) is 6.34. The molecule has 0 aliphatic rings. The van der Waals surface area contributed by atoms with Crippen molar-refractivity contribution in [2.45, 2.75) is 6.92 Å². The number of rotatable bonds is 4. The first-order chi connectivity index (χ1) is 10.0. The van der Waals surface area contributed by atoms with Gasteiger partial charge in [-0.3, -0.25) is 4.79 Å². The van der Waals surface area contributed by atoms with Gasteiger partial charge in [0.15, 0.2) is 11.5 Å². The summed E-state index contributed by atoms with van der Waals surface area (Å²) in [5.41, 5.74) is 1.39. The van der Waals surface area contributed by atoms with Gasteiger partial charge in [0.2, 0.25) is 0 Å². The van der Waals surface area contributed by atoms with Crippen LogP contribution in [0, 0.1) is 12.7 Å². The van der Waals surface area contributed by atoms with Gasteiger partial charge in [-0.25, -0.2) is 4.39 Å². The minimum Gasteiger partial charge on any atom is -0.493 e. The number of carbonyl (C=O) groups is 1. The van der Waals surface area contributed by atoms with E-state index in [0.29, 0.717) is 28.3 Å². The summed E-state index contributed by atoms with van der Waals surface area (Å²) in [6.45, 7) is 1.61. The maximum atomic E-state index is 13.2. The Morgan fingerprint density at radius 2 is 1.76 bits per heavy atom. The number of methoxy groups -OCH3 is 2. The molecule has 0 saturated carbocycles. The van der Waals surface area contributed by atoms with E-state index in [0.717, 1.165) is 0 Å². The highest BCUT2D eigenvalue weighted by Crippen LogP contribution is 2.29. The number of anilines is 1. The number of benzene rings is 2. The van der Waals surface area contributed by atoms with E-state index in [4.69, 9.17) is 9.47 Å². The molecule has 2 rings (SSSR count). The molecule has 0 bridgehead atoms. The van der Waals surface area contributed by atoms with Crippen LogP contribution in [0.2, 0.25) is 0 Å². The summed E-state index contributed by atoms with van der Waals surface area (Å²) in [7, 11) is 3.06. The summed E-state index contributed by atoms with van der Waals surface area (Å²) < 4.78 is 23.5. The SMILES string of the molecule is COc1ccc(NC(=O)c2ccc(F)c(C)c2)cc1OC. The molecule has 0 saturated heterocycles. The topological polar surface area (TPSA) is 47.6 Å². The zero-order valence-corrected chi connectivity index (χ0v) is 12.1. The minimum atomic E-state index is -0.335. The van der Waals surface area contributed by atoms with Crippen LogP contribution < -0.4 is 14.8 Å². The van der Waals surface area contributed by atoms with Gasteiger partial charge < -0.3 is 14.8 Å². The maximum absolute atomic E-state index is 13.2. The average Bonchev–Trinajstić information content (AvgIpc) is 2.49. The van der Waals surface area contributed by atoms with Crippen molar-refractivity contribution in [3.05, 3.63) is 53.3 Å². The second kappa shape index (κ2) is 6.26. The zero-order chi connectivity index (χ0) is 15.4. The quantitative estimate of drug-likeness (QED) is 0.938. The molecule has 2 aromatic rings. The predicted octanol–water partition coefficient (Wildman–Crippen LogP) is 3.40. The number of amides is 1. The van der Waals surface area contributed by atoms with Crippen molar-refractivity contribution < 1.29 is 18.7 Å². The van der Waals surface area contributed by atoms with Crippen LogP contribution in [-0.2, 0) is 0 Å². The molecule has 0 aliphatic heterocycles. The summed E-state index contributed by atoms with van der Waals surface area (Å²) in [4.78, 5) is 12.1. The molecule has 0 unspecified atom stereocenters. The number of nitrogens with one attached hydrogen (secondary N) is 1. The number of halogens is 1. The van der Waals surface area contributed by atoms with Crippen molar-refractivity contribution in [1.29, 1.82) is 0 Å². The van der Waals surface area contributed by atoms with Crippen molar-refractivity contribution in [2.75, 3.05) is 19.5 Å². The molecule has 4 nitrogen and oxygen atoms in total. The Bertz CT molecular complexity index is 671. The van der Waals surface area contributed by atoms with E-state index in [-0.39, 0.29) is 11.7 Å². The van der Waals surface area contributed by atoms with Gasteiger partial charge in [0.25, 0.3) is 5.91 Å². The fraction of sp³-hybridized carbons (Fsp3) is 0.188. The van der Waals surface area contributed by atoms with Crippen LogP contribution in [0.1, 0.15) is 15.9 Å². The van der Waals surface area contributed by atoms with Crippen LogP contribution in [0.5, 0.6) is 11.5 Å². The Labute approximate surface area is 122 Å². The van der Waals surface area contributed by atoms with Crippen LogP contribution in [0.4, 0.5) is 10.1 Å². The summed E-state index contributed by atoms with van der Waals surface area (Å²) >= 11 is 0. The van der Waals surface area contributed by atoms with E-state index >= 15 is 0 Å². The lowest BCUT2D eigenvalue weighted by atomic mass is 10.1. The van der Waals surface area contributed by atoms with E-state index < -0.39 is 0 Å². The minimum absolute atomic E-state index is 0.315. The fourth-order valence-corrected chi connectivity index (χ4v) is 1.90. The van der Waals surface area contributed by atoms with Crippen molar-refractivity contribution >= 4 is 11.6 Å². The van der Waals surface area contributed by atoms with Gasteiger partial charge in [-0.05, 0) is 42.8 Å². The molecule has 0 radical (unpaired) electrons. The number of hydrogen-bond donors (Lipinski definition) is 1. The Morgan fingerprint density at radius 3 is 2.38 bits per heavy atom. The van der Waals surface area contributed by atoms with E-state index in [1.54, 1.807) is 25.1 Å². The van der Waals surface area contributed by atoms with Gasteiger partial charge in [0.05, 0.1) is 14.2 Å². The molecule has 110 valence electrons.